The Morgan fingerprint density at radius 3 is 2.77 bits per heavy atom. The maximum absolute atomic E-state index is 11.9. The van der Waals surface area contributed by atoms with E-state index in [0.29, 0.717) is 6.42 Å². The summed E-state index contributed by atoms with van der Waals surface area (Å²) in [7, 11) is 0. The van der Waals surface area contributed by atoms with Crippen molar-refractivity contribution in [2.45, 2.75) is 43.9 Å². The van der Waals surface area contributed by atoms with Gasteiger partial charge in [0.1, 0.15) is 18.0 Å². The summed E-state index contributed by atoms with van der Waals surface area (Å²) in [5.41, 5.74) is 0.972. The second-order valence-corrected chi connectivity index (χ2v) is 6.71. The largest absolute Gasteiger partial charge is 0.376 e. The molecule has 4 rings (SSSR count). The number of nitrogens with zero attached hydrogens (tertiary/aromatic N) is 2. The van der Waals surface area contributed by atoms with Crippen molar-refractivity contribution in [3.63, 3.8) is 0 Å². The fourth-order valence-electron chi connectivity index (χ4n) is 3.59. The zero-order valence-electron chi connectivity index (χ0n) is 14.5. The Hall–Kier alpha value is -2.67. The van der Waals surface area contributed by atoms with Gasteiger partial charge >= 0.3 is 0 Å². The summed E-state index contributed by atoms with van der Waals surface area (Å²) in [5, 5.41) is 9.84. The van der Waals surface area contributed by atoms with E-state index in [9.17, 15) is 4.79 Å². The quantitative estimate of drug-likeness (QED) is 0.765. The van der Waals surface area contributed by atoms with Gasteiger partial charge < -0.3 is 20.7 Å². The highest BCUT2D eigenvalue weighted by Crippen LogP contribution is 2.25. The van der Waals surface area contributed by atoms with E-state index < -0.39 is 0 Å². The minimum atomic E-state index is -0.0285. The number of carbonyl (C=O) groups is 1. The van der Waals surface area contributed by atoms with Crippen LogP contribution >= 0.6 is 0 Å². The summed E-state index contributed by atoms with van der Waals surface area (Å²) in [6.45, 7) is 0.766. The van der Waals surface area contributed by atoms with Crippen molar-refractivity contribution >= 4 is 23.2 Å². The molecule has 2 aromatic rings. The smallest absolute Gasteiger partial charge is 0.220 e. The number of anilines is 3. The van der Waals surface area contributed by atoms with Crippen molar-refractivity contribution in [2.24, 2.45) is 0 Å². The fraction of sp³-hybridized carbons (Fsp3) is 0.421. The first-order chi connectivity index (χ1) is 12.8. The second-order valence-electron chi connectivity index (χ2n) is 6.71. The SMILES string of the molecule is O=C1CC[C@H](Nc2cc(Nc3ccccc3)ncn2)[C@@H](C2CCCO2)N1. The van der Waals surface area contributed by atoms with E-state index in [0.717, 1.165) is 43.2 Å². The third-order valence-corrected chi connectivity index (χ3v) is 4.86. The van der Waals surface area contributed by atoms with Crippen molar-refractivity contribution in [1.29, 1.82) is 0 Å². The second kappa shape index (κ2) is 7.70. The molecule has 0 bridgehead atoms. The predicted octanol–water partition coefficient (Wildman–Crippen LogP) is 2.46. The van der Waals surface area contributed by atoms with E-state index in [4.69, 9.17) is 4.74 Å². The standard InChI is InChI=1S/C19H23N5O2/c25-18-9-8-14(19(24-18)15-7-4-10-26-15)23-17-11-16(20-12-21-17)22-13-5-2-1-3-6-13/h1-3,5-6,11-12,14-15,19H,4,7-10H2,(H,24,25)(H2,20,21,22,23)/t14-,15?,19-/m0/s1. The van der Waals surface area contributed by atoms with Gasteiger partial charge in [-0.2, -0.15) is 0 Å². The lowest BCUT2D eigenvalue weighted by Crippen LogP contribution is -2.56. The summed E-state index contributed by atoms with van der Waals surface area (Å²) in [6.07, 6.45) is 4.91. The molecule has 3 N–H and O–H groups in total. The van der Waals surface area contributed by atoms with Crippen LogP contribution in [0, 0.1) is 0 Å². The Morgan fingerprint density at radius 2 is 1.96 bits per heavy atom. The average molecular weight is 353 g/mol. The van der Waals surface area contributed by atoms with E-state index in [1.807, 2.05) is 36.4 Å². The summed E-state index contributed by atoms with van der Waals surface area (Å²) in [5.74, 6) is 1.56. The van der Waals surface area contributed by atoms with Crippen LogP contribution in [-0.4, -0.2) is 40.7 Å². The number of amides is 1. The molecule has 2 aliphatic heterocycles. The summed E-state index contributed by atoms with van der Waals surface area (Å²) >= 11 is 0. The van der Waals surface area contributed by atoms with Gasteiger partial charge in [-0.25, -0.2) is 9.97 Å². The molecule has 1 amide bonds. The molecule has 3 atom stereocenters. The number of para-hydroxylation sites is 1. The first-order valence-corrected chi connectivity index (χ1v) is 9.09. The zero-order valence-corrected chi connectivity index (χ0v) is 14.5. The lowest BCUT2D eigenvalue weighted by atomic mass is 9.92. The zero-order chi connectivity index (χ0) is 17.8. The topological polar surface area (TPSA) is 88.2 Å². The van der Waals surface area contributed by atoms with E-state index >= 15 is 0 Å². The molecule has 1 aromatic heterocycles. The number of piperidine rings is 1. The van der Waals surface area contributed by atoms with Crippen LogP contribution in [0.15, 0.2) is 42.7 Å². The number of rotatable bonds is 5. The van der Waals surface area contributed by atoms with Gasteiger partial charge in [0.15, 0.2) is 0 Å². The molecule has 2 aliphatic rings. The van der Waals surface area contributed by atoms with Crippen LogP contribution in [0.4, 0.5) is 17.3 Å². The molecule has 1 unspecified atom stereocenters. The first kappa shape index (κ1) is 16.8. The molecule has 2 saturated heterocycles. The molecule has 0 aliphatic carbocycles. The maximum atomic E-state index is 11.9. The third-order valence-electron chi connectivity index (χ3n) is 4.86. The highest BCUT2D eigenvalue weighted by atomic mass is 16.5. The molecule has 0 saturated carbocycles. The summed E-state index contributed by atoms with van der Waals surface area (Å²) in [6, 6.07) is 11.8. The Kier molecular flexibility index (Phi) is 4.97. The molecule has 0 spiro atoms. The number of ether oxygens (including phenoxy) is 1. The molecule has 7 heteroatoms. The summed E-state index contributed by atoms with van der Waals surface area (Å²) < 4.78 is 5.81. The van der Waals surface area contributed by atoms with Gasteiger partial charge in [0.05, 0.1) is 18.2 Å². The number of hydrogen-bond donors (Lipinski definition) is 3. The highest BCUT2D eigenvalue weighted by molar-refractivity contribution is 5.77. The van der Waals surface area contributed by atoms with Gasteiger partial charge in [0, 0.05) is 24.8 Å². The molecule has 7 nitrogen and oxygen atoms in total. The lowest BCUT2D eigenvalue weighted by Gasteiger charge is -2.36. The van der Waals surface area contributed by atoms with Gasteiger partial charge in [-0.05, 0) is 31.4 Å². The normalized spacial score (nSPS) is 25.5. The Bertz CT molecular complexity index is 749. The van der Waals surface area contributed by atoms with E-state index in [2.05, 4.69) is 25.9 Å². The van der Waals surface area contributed by atoms with Crippen LogP contribution in [0.5, 0.6) is 0 Å². The molecular formula is C19H23N5O2. The number of hydrogen-bond acceptors (Lipinski definition) is 6. The van der Waals surface area contributed by atoms with Crippen molar-refractivity contribution < 1.29 is 9.53 Å². The van der Waals surface area contributed by atoms with Gasteiger partial charge in [0.2, 0.25) is 5.91 Å². The van der Waals surface area contributed by atoms with Crippen LogP contribution in [0.1, 0.15) is 25.7 Å². The van der Waals surface area contributed by atoms with Gasteiger partial charge in [-0.3, -0.25) is 4.79 Å². The molecule has 136 valence electrons. The van der Waals surface area contributed by atoms with Gasteiger partial charge in [-0.15, -0.1) is 0 Å². The van der Waals surface area contributed by atoms with E-state index in [1.54, 1.807) is 0 Å². The highest BCUT2D eigenvalue weighted by Gasteiger charge is 2.37. The van der Waals surface area contributed by atoms with Crippen molar-refractivity contribution in [3.05, 3.63) is 42.7 Å². The van der Waals surface area contributed by atoms with Crippen molar-refractivity contribution in [3.8, 4) is 0 Å². The number of benzene rings is 1. The van der Waals surface area contributed by atoms with Crippen LogP contribution in [-0.2, 0) is 9.53 Å². The maximum Gasteiger partial charge on any atom is 0.220 e. The van der Waals surface area contributed by atoms with E-state index in [-0.39, 0.29) is 24.1 Å². The van der Waals surface area contributed by atoms with Gasteiger partial charge in [-0.1, -0.05) is 18.2 Å². The number of aromatic nitrogens is 2. The Balaban J connectivity index is 1.46. The number of nitrogens with one attached hydrogen (secondary N) is 3. The molecule has 2 fully saturated rings. The molecular weight excluding hydrogens is 330 g/mol. The van der Waals surface area contributed by atoms with Crippen LogP contribution in [0.25, 0.3) is 0 Å². The van der Waals surface area contributed by atoms with Crippen molar-refractivity contribution in [1.82, 2.24) is 15.3 Å². The van der Waals surface area contributed by atoms with Crippen LogP contribution in [0.3, 0.4) is 0 Å². The molecule has 3 heterocycles. The minimum Gasteiger partial charge on any atom is -0.376 e. The lowest BCUT2D eigenvalue weighted by molar-refractivity contribution is -0.124. The summed E-state index contributed by atoms with van der Waals surface area (Å²) in [4.78, 5) is 20.5. The minimum absolute atomic E-state index is 0.0285. The molecule has 1 aromatic carbocycles. The number of carbonyl (C=O) groups excluding carboxylic acids is 1. The Morgan fingerprint density at radius 1 is 1.12 bits per heavy atom. The van der Waals surface area contributed by atoms with Crippen LogP contribution < -0.4 is 16.0 Å². The Labute approximate surface area is 152 Å². The van der Waals surface area contributed by atoms with Crippen molar-refractivity contribution in [2.75, 3.05) is 17.2 Å². The fourth-order valence-corrected chi connectivity index (χ4v) is 3.59. The molecule has 0 radical (unpaired) electrons. The van der Waals surface area contributed by atoms with Crippen LogP contribution in [0.2, 0.25) is 0 Å². The first-order valence-electron chi connectivity index (χ1n) is 9.09. The van der Waals surface area contributed by atoms with Gasteiger partial charge in [0.25, 0.3) is 0 Å². The van der Waals surface area contributed by atoms with E-state index in [1.165, 1.54) is 6.33 Å². The molecule has 26 heavy (non-hydrogen) atoms. The predicted molar refractivity (Wildman–Crippen MR) is 99.3 cm³/mol. The monoisotopic (exact) mass is 353 g/mol. The third kappa shape index (κ3) is 3.94. The average Bonchev–Trinajstić information content (AvgIpc) is 3.19.